The molecule has 1 rings (SSSR count). The van der Waals surface area contributed by atoms with Crippen molar-refractivity contribution in [1.82, 2.24) is 0 Å². The summed E-state index contributed by atoms with van der Waals surface area (Å²) in [6.07, 6.45) is -0.581. The van der Waals surface area contributed by atoms with Crippen LogP contribution in [-0.4, -0.2) is 13.2 Å². The number of carbonyl (C=O) groups excluding carboxylic acids is 1. The Morgan fingerprint density at radius 3 is 2.85 bits per heavy atom. The normalized spacial score (nSPS) is 8.62. The number of nitrogens with zero attached hydrogens (tertiary/aromatic N) is 1. The largest absolute Gasteiger partial charge is 0.453 e. The van der Waals surface area contributed by atoms with E-state index >= 15 is 0 Å². The summed E-state index contributed by atoms with van der Waals surface area (Å²) in [6, 6.07) is 8.66. The number of benzene rings is 1. The molecule has 0 aromatic heterocycles. The molecule has 1 amide bonds. The van der Waals surface area contributed by atoms with Crippen LogP contribution in [0.1, 0.15) is 5.56 Å². The van der Waals surface area contributed by atoms with Crippen LogP contribution >= 0.6 is 0 Å². The number of hydrogen-bond donors (Lipinski definition) is 1. The predicted molar refractivity (Wildman–Crippen MR) is 47.2 cm³/mol. The molecule has 0 saturated carbocycles. The van der Waals surface area contributed by atoms with Crippen LogP contribution in [0.4, 0.5) is 10.5 Å². The van der Waals surface area contributed by atoms with E-state index in [1.165, 1.54) is 7.11 Å². The van der Waals surface area contributed by atoms with Crippen LogP contribution < -0.4 is 5.32 Å². The van der Waals surface area contributed by atoms with Gasteiger partial charge in [-0.25, -0.2) is 4.79 Å². The fourth-order valence-corrected chi connectivity index (χ4v) is 0.851. The van der Waals surface area contributed by atoms with E-state index < -0.39 is 6.09 Å². The quantitative estimate of drug-likeness (QED) is 0.708. The first-order valence-corrected chi connectivity index (χ1v) is 3.62. The first kappa shape index (κ1) is 9.07. The number of carbonyl (C=O) groups is 1. The van der Waals surface area contributed by atoms with Crippen molar-refractivity contribution in [2.75, 3.05) is 12.4 Å². The first-order valence-electron chi connectivity index (χ1n) is 3.62. The van der Waals surface area contributed by atoms with Crippen molar-refractivity contribution in [2.45, 2.75) is 0 Å². The van der Waals surface area contributed by atoms with Crippen LogP contribution in [0.2, 0.25) is 0 Å². The number of nitrogens with one attached hydrogen (secondary N) is 1. The van der Waals surface area contributed by atoms with E-state index in [9.17, 15) is 4.79 Å². The molecule has 0 aliphatic rings. The van der Waals surface area contributed by atoms with Gasteiger partial charge in [-0.2, -0.15) is 5.26 Å². The molecule has 1 N–H and O–H groups in total. The van der Waals surface area contributed by atoms with E-state index in [1.807, 2.05) is 6.07 Å². The molecule has 0 aliphatic carbocycles. The summed E-state index contributed by atoms with van der Waals surface area (Å²) in [5.74, 6) is 0. The summed E-state index contributed by atoms with van der Waals surface area (Å²) < 4.78 is 4.39. The van der Waals surface area contributed by atoms with Crippen molar-refractivity contribution < 1.29 is 9.53 Å². The minimum Gasteiger partial charge on any atom is -0.453 e. The fraction of sp³-hybridized carbons (Fsp3) is 0.111. The van der Waals surface area contributed by atoms with Gasteiger partial charge in [0.2, 0.25) is 0 Å². The minimum absolute atomic E-state index is 0.410. The van der Waals surface area contributed by atoms with E-state index in [4.69, 9.17) is 5.26 Å². The Labute approximate surface area is 75.7 Å². The molecular weight excluding hydrogens is 168 g/mol. The molecule has 1 aromatic carbocycles. The van der Waals surface area contributed by atoms with E-state index in [-0.39, 0.29) is 0 Å². The monoisotopic (exact) mass is 176 g/mol. The average Bonchev–Trinajstić information content (AvgIpc) is 2.18. The minimum atomic E-state index is -0.581. The van der Waals surface area contributed by atoms with Gasteiger partial charge in [0, 0.05) is 0 Å². The highest BCUT2D eigenvalue weighted by Crippen LogP contribution is 2.13. The Hall–Kier alpha value is -2.02. The molecule has 0 saturated heterocycles. The van der Waals surface area contributed by atoms with Gasteiger partial charge >= 0.3 is 6.09 Å². The molecule has 0 bridgehead atoms. The molecule has 0 spiro atoms. The summed E-state index contributed by atoms with van der Waals surface area (Å²) in [6.45, 7) is 0. The van der Waals surface area contributed by atoms with Gasteiger partial charge in [-0.15, -0.1) is 0 Å². The molecule has 4 nitrogen and oxygen atoms in total. The standard InChI is InChI=1S/C9H8N2O2/c1-13-9(12)11-8-5-3-2-4-7(8)6-10/h2-5H,1H3,(H,11,12). The molecule has 1 aromatic rings. The van der Waals surface area contributed by atoms with Crippen molar-refractivity contribution in [1.29, 1.82) is 5.26 Å². The zero-order valence-corrected chi connectivity index (χ0v) is 7.07. The number of ether oxygens (including phenoxy) is 1. The van der Waals surface area contributed by atoms with Gasteiger partial charge < -0.3 is 4.74 Å². The lowest BCUT2D eigenvalue weighted by Crippen LogP contribution is -2.11. The molecule has 0 fully saturated rings. The second kappa shape index (κ2) is 4.12. The van der Waals surface area contributed by atoms with Crippen LogP contribution in [0.25, 0.3) is 0 Å². The van der Waals surface area contributed by atoms with Crippen molar-refractivity contribution in [2.24, 2.45) is 0 Å². The third kappa shape index (κ3) is 2.20. The predicted octanol–water partition coefficient (Wildman–Crippen LogP) is 1.74. The maximum absolute atomic E-state index is 10.8. The van der Waals surface area contributed by atoms with Gasteiger partial charge in [-0.1, -0.05) is 12.1 Å². The summed E-state index contributed by atoms with van der Waals surface area (Å²) in [5.41, 5.74) is 0.866. The summed E-state index contributed by atoms with van der Waals surface area (Å²) in [4.78, 5) is 10.8. The molecule has 0 radical (unpaired) electrons. The number of anilines is 1. The highest BCUT2D eigenvalue weighted by atomic mass is 16.5. The van der Waals surface area contributed by atoms with Crippen LogP contribution in [-0.2, 0) is 4.74 Å². The van der Waals surface area contributed by atoms with Gasteiger partial charge in [0.15, 0.2) is 0 Å². The van der Waals surface area contributed by atoms with Crippen LogP contribution in [0, 0.1) is 11.3 Å². The lowest BCUT2D eigenvalue weighted by molar-refractivity contribution is 0.187. The Bertz CT molecular complexity index is 355. The Balaban J connectivity index is 2.89. The average molecular weight is 176 g/mol. The molecular formula is C9H8N2O2. The molecule has 0 aliphatic heterocycles. The van der Waals surface area contributed by atoms with Crippen LogP contribution in [0.15, 0.2) is 24.3 Å². The SMILES string of the molecule is COC(=O)Nc1ccccc1C#N. The van der Waals surface area contributed by atoms with Crippen molar-refractivity contribution in [3.05, 3.63) is 29.8 Å². The molecule has 0 heterocycles. The second-order valence-corrected chi connectivity index (χ2v) is 2.27. The number of nitriles is 1. The summed E-state index contributed by atoms with van der Waals surface area (Å²) in [5, 5.41) is 11.1. The zero-order chi connectivity index (χ0) is 9.68. The van der Waals surface area contributed by atoms with E-state index in [0.29, 0.717) is 11.3 Å². The van der Waals surface area contributed by atoms with Crippen molar-refractivity contribution in [3.8, 4) is 6.07 Å². The highest BCUT2D eigenvalue weighted by molar-refractivity contribution is 5.86. The van der Waals surface area contributed by atoms with Gasteiger partial charge in [0.25, 0.3) is 0 Å². The maximum atomic E-state index is 10.8. The number of para-hydroxylation sites is 1. The summed E-state index contributed by atoms with van der Waals surface area (Å²) in [7, 11) is 1.27. The third-order valence-electron chi connectivity index (χ3n) is 1.47. The van der Waals surface area contributed by atoms with E-state index in [2.05, 4.69) is 10.1 Å². The van der Waals surface area contributed by atoms with Gasteiger partial charge in [0.05, 0.1) is 18.4 Å². The van der Waals surface area contributed by atoms with Crippen LogP contribution in [0.3, 0.4) is 0 Å². The lowest BCUT2D eigenvalue weighted by atomic mass is 10.2. The molecule has 0 atom stereocenters. The maximum Gasteiger partial charge on any atom is 0.411 e. The topological polar surface area (TPSA) is 62.1 Å². The third-order valence-corrected chi connectivity index (χ3v) is 1.47. The van der Waals surface area contributed by atoms with Crippen molar-refractivity contribution in [3.63, 3.8) is 0 Å². The number of rotatable bonds is 1. The van der Waals surface area contributed by atoms with E-state index in [1.54, 1.807) is 24.3 Å². The molecule has 13 heavy (non-hydrogen) atoms. The summed E-state index contributed by atoms with van der Waals surface area (Å²) >= 11 is 0. The molecule has 0 unspecified atom stereocenters. The van der Waals surface area contributed by atoms with E-state index in [0.717, 1.165) is 0 Å². The zero-order valence-electron chi connectivity index (χ0n) is 7.07. The molecule has 66 valence electrons. The van der Waals surface area contributed by atoms with Gasteiger partial charge in [-0.3, -0.25) is 5.32 Å². The highest BCUT2D eigenvalue weighted by Gasteiger charge is 2.04. The van der Waals surface area contributed by atoms with Gasteiger partial charge in [0.1, 0.15) is 6.07 Å². The Kier molecular flexibility index (Phi) is 2.87. The lowest BCUT2D eigenvalue weighted by Gasteiger charge is -2.03. The van der Waals surface area contributed by atoms with Crippen LogP contribution in [0.5, 0.6) is 0 Å². The number of amides is 1. The molecule has 4 heteroatoms. The number of hydrogen-bond acceptors (Lipinski definition) is 3. The first-order chi connectivity index (χ1) is 6.27. The smallest absolute Gasteiger partial charge is 0.411 e. The van der Waals surface area contributed by atoms with Crippen molar-refractivity contribution >= 4 is 11.8 Å². The Morgan fingerprint density at radius 1 is 1.54 bits per heavy atom. The Morgan fingerprint density at radius 2 is 2.23 bits per heavy atom. The number of methoxy groups -OCH3 is 1. The fourth-order valence-electron chi connectivity index (χ4n) is 0.851. The van der Waals surface area contributed by atoms with Gasteiger partial charge in [-0.05, 0) is 12.1 Å². The second-order valence-electron chi connectivity index (χ2n) is 2.27.